The molecule has 0 spiro atoms. The number of amides is 3. The second-order valence-corrected chi connectivity index (χ2v) is 9.91. The minimum absolute atomic E-state index is 0.00235. The van der Waals surface area contributed by atoms with Crippen molar-refractivity contribution in [1.82, 2.24) is 4.90 Å². The molecule has 0 N–H and O–H groups in total. The van der Waals surface area contributed by atoms with Gasteiger partial charge < -0.3 is 4.74 Å². The van der Waals surface area contributed by atoms with Crippen LogP contribution in [0.5, 0.6) is 5.75 Å². The molecule has 2 aromatic rings. The Morgan fingerprint density at radius 3 is 2.25 bits per heavy atom. The molecule has 1 heterocycles. The van der Waals surface area contributed by atoms with Gasteiger partial charge in [0.1, 0.15) is 12.4 Å². The first-order valence-corrected chi connectivity index (χ1v) is 11.9. The van der Waals surface area contributed by atoms with Crippen LogP contribution in [0.25, 0.3) is 0 Å². The average Bonchev–Trinajstić information content (AvgIpc) is 3.66. The number of rotatable bonds is 5. The Kier molecular flexibility index (Phi) is 5.04. The molecule has 0 radical (unpaired) electrons. The lowest BCUT2D eigenvalue weighted by Crippen LogP contribution is -2.45. The van der Waals surface area contributed by atoms with E-state index in [4.69, 9.17) is 4.74 Å². The Labute approximate surface area is 205 Å². The summed E-state index contributed by atoms with van der Waals surface area (Å²) < 4.78 is 45.6. The van der Waals surface area contributed by atoms with Crippen molar-refractivity contribution in [3.05, 3.63) is 71.8 Å². The number of nitrogens with zero attached hydrogens (tertiary/aromatic N) is 2. The second kappa shape index (κ2) is 7.94. The Morgan fingerprint density at radius 1 is 1.00 bits per heavy atom. The molecule has 36 heavy (non-hydrogen) atoms. The number of allylic oxidation sites excluding steroid dienone is 2. The maximum absolute atomic E-state index is 13.6. The molecule has 2 bridgehead atoms. The van der Waals surface area contributed by atoms with Gasteiger partial charge >= 0.3 is 6.18 Å². The van der Waals surface area contributed by atoms with Crippen molar-refractivity contribution in [2.75, 3.05) is 18.7 Å². The van der Waals surface area contributed by atoms with Crippen molar-refractivity contribution in [2.24, 2.45) is 35.5 Å². The number of anilines is 1. The van der Waals surface area contributed by atoms with E-state index in [9.17, 15) is 27.6 Å². The molecule has 6 nitrogen and oxygen atoms in total. The molecule has 4 aliphatic carbocycles. The zero-order chi connectivity index (χ0) is 25.4. The van der Waals surface area contributed by atoms with E-state index >= 15 is 0 Å². The summed E-state index contributed by atoms with van der Waals surface area (Å²) in [6.07, 6.45) is 0.475. The Balaban J connectivity index is 1.37. The van der Waals surface area contributed by atoms with Crippen LogP contribution < -0.4 is 9.64 Å². The van der Waals surface area contributed by atoms with Crippen LogP contribution in [0.3, 0.4) is 0 Å². The molecule has 186 valence electrons. The zero-order valence-corrected chi connectivity index (χ0v) is 19.3. The summed E-state index contributed by atoms with van der Waals surface area (Å²) in [5.74, 6) is -1.07. The van der Waals surface area contributed by atoms with Crippen LogP contribution in [0, 0.1) is 35.5 Å². The lowest BCUT2D eigenvalue weighted by atomic mass is 9.63. The molecule has 2 aromatic carbocycles. The first-order chi connectivity index (χ1) is 17.2. The number of halogens is 3. The summed E-state index contributed by atoms with van der Waals surface area (Å²) in [4.78, 5) is 42.7. The molecule has 6 unspecified atom stereocenters. The van der Waals surface area contributed by atoms with E-state index in [1.807, 2.05) is 12.2 Å². The molecule has 3 amide bonds. The third-order valence-corrected chi connectivity index (χ3v) is 8.08. The summed E-state index contributed by atoms with van der Waals surface area (Å²) >= 11 is 0. The normalized spacial score (nSPS) is 29.7. The SMILES string of the molecule is COc1cccc(C(=O)N(CN2C(=O)C3C4C=CC(C5CC45)C3C2=O)c2cccc(C(F)(F)F)c2)c1. The van der Waals surface area contributed by atoms with Crippen LogP contribution in [0.1, 0.15) is 22.3 Å². The Bertz CT molecular complexity index is 1270. The molecule has 5 aliphatic rings. The molecule has 6 atom stereocenters. The van der Waals surface area contributed by atoms with E-state index in [-0.39, 0.29) is 34.9 Å². The van der Waals surface area contributed by atoms with E-state index in [0.29, 0.717) is 17.6 Å². The summed E-state index contributed by atoms with van der Waals surface area (Å²) in [6, 6.07) is 10.5. The zero-order valence-electron chi connectivity index (χ0n) is 19.3. The third kappa shape index (κ3) is 3.43. The van der Waals surface area contributed by atoms with Crippen LogP contribution in [-0.2, 0) is 15.8 Å². The molecule has 2 saturated carbocycles. The lowest BCUT2D eigenvalue weighted by molar-refractivity contribution is -0.140. The van der Waals surface area contributed by atoms with Crippen molar-refractivity contribution < 1.29 is 32.3 Å². The highest BCUT2D eigenvalue weighted by atomic mass is 19.4. The van der Waals surface area contributed by atoms with Gasteiger partial charge in [-0.2, -0.15) is 13.2 Å². The standard InChI is InChI=1S/C27H23F3N2O4/c1-36-17-7-2-4-14(10-17)24(33)31(16-6-3-5-15(11-16)27(28,29)30)13-32-25(34)22-18-8-9-19(21-12-20(18)21)23(22)26(32)35/h2-11,18-23H,12-13H2,1H3. The maximum atomic E-state index is 13.6. The largest absolute Gasteiger partial charge is 0.497 e. The number of ether oxygens (including phenoxy) is 1. The number of hydrogen-bond acceptors (Lipinski definition) is 4. The smallest absolute Gasteiger partial charge is 0.416 e. The van der Waals surface area contributed by atoms with Gasteiger partial charge in [0, 0.05) is 11.3 Å². The minimum Gasteiger partial charge on any atom is -0.497 e. The highest BCUT2D eigenvalue weighted by molar-refractivity contribution is 6.10. The van der Waals surface area contributed by atoms with Gasteiger partial charge in [0.15, 0.2) is 0 Å². The monoisotopic (exact) mass is 496 g/mol. The summed E-state index contributed by atoms with van der Waals surface area (Å²) in [5.41, 5.74) is -0.832. The van der Waals surface area contributed by atoms with Gasteiger partial charge in [0.2, 0.25) is 11.8 Å². The second-order valence-electron chi connectivity index (χ2n) is 9.91. The van der Waals surface area contributed by atoms with Gasteiger partial charge in [0.25, 0.3) is 5.91 Å². The summed E-state index contributed by atoms with van der Waals surface area (Å²) in [5, 5.41) is 0. The van der Waals surface area contributed by atoms with Gasteiger partial charge in [-0.25, -0.2) is 0 Å². The van der Waals surface area contributed by atoms with Crippen molar-refractivity contribution in [3.63, 3.8) is 0 Å². The maximum Gasteiger partial charge on any atom is 0.416 e. The first kappa shape index (κ1) is 22.8. The molecule has 1 saturated heterocycles. The van der Waals surface area contributed by atoms with Crippen LogP contribution in [-0.4, -0.2) is 36.4 Å². The van der Waals surface area contributed by atoms with Gasteiger partial charge in [-0.05, 0) is 66.5 Å². The first-order valence-electron chi connectivity index (χ1n) is 11.9. The topological polar surface area (TPSA) is 66.9 Å². The summed E-state index contributed by atoms with van der Waals surface area (Å²) in [6.45, 7) is -0.462. The van der Waals surface area contributed by atoms with Gasteiger partial charge in [-0.1, -0.05) is 24.3 Å². The van der Waals surface area contributed by atoms with E-state index in [1.165, 1.54) is 31.4 Å². The highest BCUT2D eigenvalue weighted by Gasteiger charge is 2.67. The predicted molar refractivity (Wildman–Crippen MR) is 123 cm³/mol. The quantitative estimate of drug-likeness (QED) is 0.456. The number of methoxy groups -OCH3 is 1. The fraction of sp³-hybridized carbons (Fsp3) is 0.370. The van der Waals surface area contributed by atoms with E-state index < -0.39 is 36.2 Å². The number of imide groups is 1. The van der Waals surface area contributed by atoms with Crippen LogP contribution in [0.15, 0.2) is 60.7 Å². The fourth-order valence-electron chi connectivity index (χ4n) is 6.32. The van der Waals surface area contributed by atoms with Crippen molar-refractivity contribution in [3.8, 4) is 5.75 Å². The number of benzene rings is 2. The van der Waals surface area contributed by atoms with Crippen LogP contribution in [0.2, 0.25) is 0 Å². The van der Waals surface area contributed by atoms with Crippen molar-refractivity contribution in [2.45, 2.75) is 12.6 Å². The van der Waals surface area contributed by atoms with Gasteiger partial charge in [0.05, 0.1) is 24.5 Å². The molecular formula is C27H23F3N2O4. The predicted octanol–water partition coefficient (Wildman–Crippen LogP) is 4.37. The fourth-order valence-corrected chi connectivity index (χ4v) is 6.32. The molecular weight excluding hydrogens is 473 g/mol. The number of alkyl halides is 3. The molecule has 3 fully saturated rings. The number of likely N-dealkylation sites (tertiary alicyclic amines) is 1. The van der Waals surface area contributed by atoms with Crippen molar-refractivity contribution in [1.29, 1.82) is 0 Å². The Morgan fingerprint density at radius 2 is 1.64 bits per heavy atom. The summed E-state index contributed by atoms with van der Waals surface area (Å²) in [7, 11) is 1.43. The lowest BCUT2D eigenvalue weighted by Gasteiger charge is -2.37. The number of hydrogen-bond donors (Lipinski definition) is 0. The van der Waals surface area contributed by atoms with Crippen LogP contribution >= 0.6 is 0 Å². The molecule has 1 aliphatic heterocycles. The molecule has 7 rings (SSSR count). The van der Waals surface area contributed by atoms with Crippen molar-refractivity contribution >= 4 is 23.4 Å². The molecule has 9 heteroatoms. The van der Waals surface area contributed by atoms with Gasteiger partial charge in [-0.3, -0.25) is 24.2 Å². The Hall–Kier alpha value is -3.62. The average molecular weight is 496 g/mol. The number of carbonyl (C=O) groups excluding carboxylic acids is 3. The minimum atomic E-state index is -4.62. The van der Waals surface area contributed by atoms with E-state index in [0.717, 1.165) is 28.4 Å². The van der Waals surface area contributed by atoms with Crippen LogP contribution in [0.4, 0.5) is 18.9 Å². The highest BCUT2D eigenvalue weighted by Crippen LogP contribution is 2.65. The van der Waals surface area contributed by atoms with E-state index in [2.05, 4.69) is 0 Å². The van der Waals surface area contributed by atoms with Gasteiger partial charge in [-0.15, -0.1) is 0 Å². The third-order valence-electron chi connectivity index (χ3n) is 8.08. The van der Waals surface area contributed by atoms with E-state index in [1.54, 1.807) is 12.1 Å². The molecule has 0 aromatic heterocycles. The number of carbonyl (C=O) groups is 3.